The highest BCUT2D eigenvalue weighted by atomic mass is 35.5. The molecule has 0 radical (unpaired) electrons. The Labute approximate surface area is 123 Å². The molecule has 1 aliphatic rings. The van der Waals surface area contributed by atoms with E-state index in [0.717, 1.165) is 11.1 Å². The molecule has 0 heterocycles. The average molecular weight is 287 g/mol. The van der Waals surface area contributed by atoms with Gasteiger partial charge in [0.2, 0.25) is 0 Å². The summed E-state index contributed by atoms with van der Waals surface area (Å²) in [6.07, 6.45) is 0.568. The summed E-state index contributed by atoms with van der Waals surface area (Å²) >= 11 is 6.27. The van der Waals surface area contributed by atoms with Crippen LogP contribution in [0.5, 0.6) is 5.75 Å². The predicted octanol–water partition coefficient (Wildman–Crippen LogP) is 4.05. The van der Waals surface area contributed by atoms with Gasteiger partial charge in [0.1, 0.15) is 5.75 Å². The molecule has 0 bridgehead atoms. The molecule has 1 N–H and O–H groups in total. The van der Waals surface area contributed by atoms with Crippen LogP contribution in [0.25, 0.3) is 0 Å². The minimum Gasteiger partial charge on any atom is -0.508 e. The molecule has 1 atom stereocenters. The molecule has 0 aromatic heterocycles. The zero-order chi connectivity index (χ0) is 14.5. The van der Waals surface area contributed by atoms with Crippen molar-refractivity contribution in [3.05, 3.63) is 63.7 Å². The molecule has 0 aliphatic heterocycles. The highest BCUT2D eigenvalue weighted by Crippen LogP contribution is 2.45. The van der Waals surface area contributed by atoms with Crippen LogP contribution in [0.2, 0.25) is 5.02 Å². The maximum Gasteiger partial charge on any atom is 0.175 e. The first-order chi connectivity index (χ1) is 9.45. The van der Waals surface area contributed by atoms with Crippen molar-refractivity contribution in [2.45, 2.75) is 25.7 Å². The average Bonchev–Trinajstić information content (AvgIpc) is 2.70. The lowest BCUT2D eigenvalue weighted by Gasteiger charge is -2.22. The number of Topliss-reactive ketones (excluding diaryl/α,β-unsaturated/α-hetero) is 1. The number of hydrogen-bond acceptors (Lipinski definition) is 2. The fraction of sp³-hybridized carbons (Fsp3) is 0.235. The van der Waals surface area contributed by atoms with Gasteiger partial charge in [-0.05, 0) is 37.5 Å². The Balaban J connectivity index is 2.19. The quantitative estimate of drug-likeness (QED) is 0.859. The van der Waals surface area contributed by atoms with E-state index in [2.05, 4.69) is 0 Å². The number of benzene rings is 2. The maximum absolute atomic E-state index is 12.8. The van der Waals surface area contributed by atoms with Crippen LogP contribution in [0.1, 0.15) is 34.0 Å². The van der Waals surface area contributed by atoms with Gasteiger partial charge in [-0.3, -0.25) is 4.79 Å². The summed E-state index contributed by atoms with van der Waals surface area (Å²) in [4.78, 5) is 12.8. The Morgan fingerprint density at radius 2 is 1.90 bits per heavy atom. The number of carbonyl (C=O) groups is 1. The van der Waals surface area contributed by atoms with Gasteiger partial charge in [0.15, 0.2) is 5.78 Å². The highest BCUT2D eigenvalue weighted by Gasteiger charge is 2.44. The summed E-state index contributed by atoms with van der Waals surface area (Å²) in [5, 5.41) is 10.3. The molecule has 1 aliphatic carbocycles. The number of rotatable bonds is 1. The molecule has 0 amide bonds. The molecule has 0 fully saturated rings. The van der Waals surface area contributed by atoms with Gasteiger partial charge in [0, 0.05) is 11.1 Å². The molecule has 2 aromatic rings. The monoisotopic (exact) mass is 286 g/mol. The highest BCUT2D eigenvalue weighted by molar-refractivity contribution is 6.36. The summed E-state index contributed by atoms with van der Waals surface area (Å²) in [6.45, 7) is 3.66. The number of carbonyl (C=O) groups excluding carboxylic acids is 1. The van der Waals surface area contributed by atoms with Crippen LogP contribution in [0, 0.1) is 6.92 Å². The first-order valence-electron chi connectivity index (χ1n) is 6.56. The fourth-order valence-corrected chi connectivity index (χ4v) is 3.25. The van der Waals surface area contributed by atoms with Crippen LogP contribution in [0.4, 0.5) is 0 Å². The molecule has 102 valence electrons. The second kappa shape index (κ2) is 4.35. The van der Waals surface area contributed by atoms with Crippen molar-refractivity contribution < 1.29 is 9.90 Å². The second-order valence-corrected chi connectivity index (χ2v) is 5.95. The number of ketones is 1. The minimum atomic E-state index is -0.604. The lowest BCUT2D eigenvalue weighted by atomic mass is 9.79. The lowest BCUT2D eigenvalue weighted by Crippen LogP contribution is -2.29. The first-order valence-corrected chi connectivity index (χ1v) is 6.94. The minimum absolute atomic E-state index is 0.0341. The topological polar surface area (TPSA) is 37.3 Å². The molecular weight excluding hydrogens is 272 g/mol. The third-order valence-corrected chi connectivity index (χ3v) is 4.72. The molecular formula is C17H15ClO2. The Hall–Kier alpha value is -1.80. The number of fused-ring (bicyclic) bond motifs is 1. The Morgan fingerprint density at radius 3 is 2.55 bits per heavy atom. The van der Waals surface area contributed by atoms with E-state index in [1.807, 2.05) is 37.3 Å². The molecule has 0 saturated heterocycles. The van der Waals surface area contributed by atoms with Crippen molar-refractivity contribution >= 4 is 17.4 Å². The van der Waals surface area contributed by atoms with E-state index in [1.165, 1.54) is 0 Å². The summed E-state index contributed by atoms with van der Waals surface area (Å²) < 4.78 is 0. The van der Waals surface area contributed by atoms with Gasteiger partial charge in [-0.25, -0.2) is 0 Å². The van der Waals surface area contributed by atoms with Crippen molar-refractivity contribution in [1.82, 2.24) is 0 Å². The SMILES string of the molecule is Cc1c(O)cc2c(c1Cl)C(=O)[C@](C)(c1ccccc1)C2. The lowest BCUT2D eigenvalue weighted by molar-refractivity contribution is 0.0915. The van der Waals surface area contributed by atoms with Crippen molar-refractivity contribution in [3.63, 3.8) is 0 Å². The van der Waals surface area contributed by atoms with Crippen LogP contribution in [-0.4, -0.2) is 10.9 Å². The van der Waals surface area contributed by atoms with Crippen LogP contribution in [-0.2, 0) is 11.8 Å². The van der Waals surface area contributed by atoms with Gasteiger partial charge < -0.3 is 5.11 Å². The summed E-state index contributed by atoms with van der Waals surface area (Å²) in [6, 6.07) is 11.4. The largest absolute Gasteiger partial charge is 0.508 e. The van der Waals surface area contributed by atoms with E-state index in [9.17, 15) is 9.90 Å². The summed E-state index contributed by atoms with van der Waals surface area (Å²) in [7, 11) is 0. The fourth-order valence-electron chi connectivity index (χ4n) is 2.95. The molecule has 0 unspecified atom stereocenters. The zero-order valence-electron chi connectivity index (χ0n) is 11.4. The maximum atomic E-state index is 12.8. The molecule has 3 rings (SSSR count). The van der Waals surface area contributed by atoms with Crippen molar-refractivity contribution in [1.29, 1.82) is 0 Å². The van der Waals surface area contributed by atoms with Crippen LogP contribution in [0.15, 0.2) is 36.4 Å². The van der Waals surface area contributed by atoms with Crippen molar-refractivity contribution in [3.8, 4) is 5.75 Å². The molecule has 0 saturated carbocycles. The Kier molecular flexibility index (Phi) is 2.87. The molecule has 2 nitrogen and oxygen atoms in total. The van der Waals surface area contributed by atoms with Crippen molar-refractivity contribution in [2.75, 3.05) is 0 Å². The van der Waals surface area contributed by atoms with E-state index in [4.69, 9.17) is 11.6 Å². The third kappa shape index (κ3) is 1.68. The van der Waals surface area contributed by atoms with Gasteiger partial charge >= 0.3 is 0 Å². The Morgan fingerprint density at radius 1 is 1.25 bits per heavy atom. The molecule has 2 aromatic carbocycles. The molecule has 0 spiro atoms. The first kappa shape index (κ1) is 13.2. The second-order valence-electron chi connectivity index (χ2n) is 5.57. The number of phenols is 1. The van der Waals surface area contributed by atoms with Gasteiger partial charge in [-0.1, -0.05) is 41.9 Å². The summed E-state index contributed by atoms with van der Waals surface area (Å²) in [5.74, 6) is 0.186. The van der Waals surface area contributed by atoms with Gasteiger partial charge in [0.05, 0.1) is 10.4 Å². The van der Waals surface area contributed by atoms with Crippen LogP contribution < -0.4 is 0 Å². The normalized spacial score (nSPS) is 21.1. The van der Waals surface area contributed by atoms with Crippen LogP contribution in [0.3, 0.4) is 0 Å². The van der Waals surface area contributed by atoms with Crippen LogP contribution >= 0.6 is 11.6 Å². The number of hydrogen-bond donors (Lipinski definition) is 1. The number of phenolic OH excluding ortho intramolecular Hbond substituents is 1. The molecule has 20 heavy (non-hydrogen) atoms. The number of aromatic hydroxyl groups is 1. The van der Waals surface area contributed by atoms with E-state index in [1.54, 1.807) is 13.0 Å². The third-order valence-electron chi connectivity index (χ3n) is 4.25. The Bertz CT molecular complexity index is 707. The van der Waals surface area contributed by atoms with E-state index in [-0.39, 0.29) is 11.5 Å². The van der Waals surface area contributed by atoms with E-state index < -0.39 is 5.41 Å². The van der Waals surface area contributed by atoms with E-state index in [0.29, 0.717) is 22.6 Å². The van der Waals surface area contributed by atoms with E-state index >= 15 is 0 Å². The van der Waals surface area contributed by atoms with Gasteiger partial charge in [0.25, 0.3) is 0 Å². The number of halogens is 1. The zero-order valence-corrected chi connectivity index (χ0v) is 12.2. The summed E-state index contributed by atoms with van der Waals surface area (Å²) in [5.41, 5.74) is 2.33. The van der Waals surface area contributed by atoms with Gasteiger partial charge in [-0.2, -0.15) is 0 Å². The van der Waals surface area contributed by atoms with Gasteiger partial charge in [-0.15, -0.1) is 0 Å². The predicted molar refractivity (Wildman–Crippen MR) is 79.7 cm³/mol. The standard InChI is InChI=1S/C17H15ClO2/c1-10-13(19)8-11-9-17(2,12-6-4-3-5-7-12)16(20)14(11)15(10)18/h3-8,19H,9H2,1-2H3/t17-/m0/s1. The van der Waals surface area contributed by atoms with Crippen molar-refractivity contribution in [2.24, 2.45) is 0 Å². The molecule has 3 heteroatoms. The smallest absolute Gasteiger partial charge is 0.175 e.